The largest absolute Gasteiger partial charge is 0.497 e. The second-order valence-corrected chi connectivity index (χ2v) is 5.67. The van der Waals surface area contributed by atoms with Gasteiger partial charge in [-0.05, 0) is 36.2 Å². The Morgan fingerprint density at radius 2 is 1.95 bits per heavy atom. The van der Waals surface area contributed by atoms with Crippen molar-refractivity contribution in [3.8, 4) is 5.75 Å². The number of nitrogens with one attached hydrogen (secondary N) is 1. The predicted molar refractivity (Wildman–Crippen MR) is 84.7 cm³/mol. The van der Waals surface area contributed by atoms with Crippen molar-refractivity contribution in [2.75, 3.05) is 12.4 Å². The number of nitrogens with zero attached hydrogens (tertiary/aromatic N) is 1. The van der Waals surface area contributed by atoms with Crippen LogP contribution in [0.5, 0.6) is 5.75 Å². The summed E-state index contributed by atoms with van der Waals surface area (Å²) in [5, 5.41) is 4.34. The van der Waals surface area contributed by atoms with Crippen LogP contribution in [0.2, 0.25) is 0 Å². The molecule has 3 rings (SSSR count). The molecule has 0 fully saturated rings. The molecule has 20 heavy (non-hydrogen) atoms. The number of fused-ring (bicyclic) bond motifs is 1. The highest BCUT2D eigenvalue weighted by Crippen LogP contribution is 2.28. The Bertz CT molecular complexity index is 719. The van der Waals surface area contributed by atoms with E-state index in [0.717, 1.165) is 22.9 Å². The van der Waals surface area contributed by atoms with Gasteiger partial charge in [-0.15, -0.1) is 0 Å². The molecule has 0 amide bonds. The van der Waals surface area contributed by atoms with Gasteiger partial charge in [0.05, 0.1) is 17.3 Å². The maximum absolute atomic E-state index is 5.15. The Balaban J connectivity index is 1.74. The van der Waals surface area contributed by atoms with Crippen LogP contribution in [0.15, 0.2) is 42.5 Å². The molecule has 1 aromatic heterocycles. The van der Waals surface area contributed by atoms with Crippen molar-refractivity contribution in [3.63, 3.8) is 0 Å². The van der Waals surface area contributed by atoms with Crippen LogP contribution in [0.3, 0.4) is 0 Å². The van der Waals surface area contributed by atoms with E-state index in [0.29, 0.717) is 0 Å². The van der Waals surface area contributed by atoms with Gasteiger partial charge in [-0.3, -0.25) is 0 Å². The summed E-state index contributed by atoms with van der Waals surface area (Å²) < 4.78 is 6.38. The first-order valence-corrected chi connectivity index (χ1v) is 7.31. The summed E-state index contributed by atoms with van der Waals surface area (Å²) in [6, 6.07) is 14.3. The first-order chi connectivity index (χ1) is 9.76. The molecule has 1 heterocycles. The van der Waals surface area contributed by atoms with Gasteiger partial charge in [-0.25, -0.2) is 4.98 Å². The third-order valence-corrected chi connectivity index (χ3v) is 4.20. The van der Waals surface area contributed by atoms with Crippen molar-refractivity contribution in [1.82, 2.24) is 4.98 Å². The first-order valence-electron chi connectivity index (χ1n) is 6.49. The van der Waals surface area contributed by atoms with Crippen LogP contribution in [-0.4, -0.2) is 12.1 Å². The topological polar surface area (TPSA) is 34.1 Å². The number of benzene rings is 2. The summed E-state index contributed by atoms with van der Waals surface area (Å²) in [5.74, 6) is 0.879. The highest BCUT2D eigenvalue weighted by Gasteiger charge is 2.05. The third-order valence-electron chi connectivity index (χ3n) is 3.22. The van der Waals surface area contributed by atoms with E-state index in [1.807, 2.05) is 12.1 Å². The molecule has 102 valence electrons. The number of thiazole rings is 1. The molecule has 4 heteroatoms. The fourth-order valence-corrected chi connectivity index (χ4v) is 3.02. The smallest absolute Gasteiger partial charge is 0.184 e. The van der Waals surface area contributed by atoms with E-state index >= 15 is 0 Å². The van der Waals surface area contributed by atoms with E-state index in [1.54, 1.807) is 18.4 Å². The molecule has 0 unspecified atom stereocenters. The molecule has 0 aliphatic heterocycles. The van der Waals surface area contributed by atoms with Gasteiger partial charge in [-0.1, -0.05) is 35.6 Å². The highest BCUT2D eigenvalue weighted by molar-refractivity contribution is 7.22. The van der Waals surface area contributed by atoms with Gasteiger partial charge in [0.1, 0.15) is 5.75 Å². The van der Waals surface area contributed by atoms with Crippen molar-refractivity contribution >= 4 is 26.7 Å². The lowest BCUT2D eigenvalue weighted by Crippen LogP contribution is -1.98. The van der Waals surface area contributed by atoms with E-state index < -0.39 is 0 Å². The SMILES string of the molecule is COc1ccc(CNc2nc3c(C)cccc3s2)cc1. The molecule has 0 atom stereocenters. The summed E-state index contributed by atoms with van der Waals surface area (Å²) in [7, 11) is 1.68. The quantitative estimate of drug-likeness (QED) is 0.778. The number of para-hydroxylation sites is 1. The Hall–Kier alpha value is -2.07. The van der Waals surface area contributed by atoms with Crippen molar-refractivity contribution in [1.29, 1.82) is 0 Å². The fourth-order valence-electron chi connectivity index (χ4n) is 2.08. The van der Waals surface area contributed by atoms with Gasteiger partial charge in [0.15, 0.2) is 5.13 Å². The summed E-state index contributed by atoms with van der Waals surface area (Å²) >= 11 is 1.69. The number of aryl methyl sites for hydroxylation is 1. The van der Waals surface area contributed by atoms with Crippen LogP contribution in [0.1, 0.15) is 11.1 Å². The van der Waals surface area contributed by atoms with E-state index in [-0.39, 0.29) is 0 Å². The van der Waals surface area contributed by atoms with Crippen molar-refractivity contribution < 1.29 is 4.74 Å². The number of ether oxygens (including phenoxy) is 1. The molecule has 0 saturated carbocycles. The first kappa shape index (κ1) is 12.9. The van der Waals surface area contributed by atoms with Gasteiger partial charge in [0.25, 0.3) is 0 Å². The molecule has 0 radical (unpaired) electrons. The number of methoxy groups -OCH3 is 1. The van der Waals surface area contributed by atoms with Crippen molar-refractivity contribution in [2.45, 2.75) is 13.5 Å². The Morgan fingerprint density at radius 1 is 1.15 bits per heavy atom. The molecule has 1 N–H and O–H groups in total. The Morgan fingerprint density at radius 3 is 2.65 bits per heavy atom. The summed E-state index contributed by atoms with van der Waals surface area (Å²) in [4.78, 5) is 4.64. The minimum Gasteiger partial charge on any atom is -0.497 e. The molecular weight excluding hydrogens is 268 g/mol. The summed E-state index contributed by atoms with van der Waals surface area (Å²) in [6.07, 6.45) is 0. The van der Waals surface area contributed by atoms with Crippen molar-refractivity contribution in [2.24, 2.45) is 0 Å². The second kappa shape index (κ2) is 5.51. The molecule has 3 aromatic rings. The lowest BCUT2D eigenvalue weighted by atomic mass is 10.2. The number of aromatic nitrogens is 1. The van der Waals surface area contributed by atoms with Crippen LogP contribution in [-0.2, 0) is 6.54 Å². The average Bonchev–Trinajstić information content (AvgIpc) is 2.90. The zero-order chi connectivity index (χ0) is 13.9. The highest BCUT2D eigenvalue weighted by atomic mass is 32.1. The van der Waals surface area contributed by atoms with Gasteiger partial charge < -0.3 is 10.1 Å². The van der Waals surface area contributed by atoms with Gasteiger partial charge in [0.2, 0.25) is 0 Å². The van der Waals surface area contributed by atoms with Crippen LogP contribution in [0.4, 0.5) is 5.13 Å². The molecular formula is C16H16N2OS. The summed E-state index contributed by atoms with van der Waals surface area (Å²) in [5.41, 5.74) is 3.52. The monoisotopic (exact) mass is 284 g/mol. The third kappa shape index (κ3) is 2.60. The molecule has 0 saturated heterocycles. The van der Waals surface area contributed by atoms with Crippen LogP contribution >= 0.6 is 11.3 Å². The standard InChI is InChI=1S/C16H16N2OS/c1-11-4-3-5-14-15(11)18-16(20-14)17-10-12-6-8-13(19-2)9-7-12/h3-9H,10H2,1-2H3,(H,17,18). The number of hydrogen-bond acceptors (Lipinski definition) is 4. The number of rotatable bonds is 4. The Labute approximate surface area is 122 Å². The minimum absolute atomic E-state index is 0.767. The molecule has 0 aliphatic rings. The van der Waals surface area contributed by atoms with Crippen LogP contribution in [0.25, 0.3) is 10.2 Å². The fraction of sp³-hybridized carbons (Fsp3) is 0.188. The summed E-state index contributed by atoms with van der Waals surface area (Å²) in [6.45, 7) is 2.86. The average molecular weight is 284 g/mol. The number of anilines is 1. The van der Waals surface area contributed by atoms with Crippen LogP contribution in [0, 0.1) is 6.92 Å². The molecule has 2 aromatic carbocycles. The zero-order valence-electron chi connectivity index (χ0n) is 11.5. The van der Waals surface area contributed by atoms with E-state index in [2.05, 4.69) is 47.6 Å². The maximum Gasteiger partial charge on any atom is 0.184 e. The minimum atomic E-state index is 0.767. The van der Waals surface area contributed by atoms with Crippen LogP contribution < -0.4 is 10.1 Å². The molecule has 0 spiro atoms. The molecule has 0 bridgehead atoms. The second-order valence-electron chi connectivity index (χ2n) is 4.64. The predicted octanol–water partition coefficient (Wildman–Crippen LogP) is 4.23. The lowest BCUT2D eigenvalue weighted by molar-refractivity contribution is 0.414. The van der Waals surface area contributed by atoms with Crippen molar-refractivity contribution in [3.05, 3.63) is 53.6 Å². The van der Waals surface area contributed by atoms with Gasteiger partial charge in [-0.2, -0.15) is 0 Å². The van der Waals surface area contributed by atoms with E-state index in [1.165, 1.54) is 15.8 Å². The van der Waals surface area contributed by atoms with E-state index in [4.69, 9.17) is 4.74 Å². The number of hydrogen-bond donors (Lipinski definition) is 1. The van der Waals surface area contributed by atoms with Gasteiger partial charge >= 0.3 is 0 Å². The molecule has 3 nitrogen and oxygen atoms in total. The molecule has 0 aliphatic carbocycles. The van der Waals surface area contributed by atoms with E-state index in [9.17, 15) is 0 Å². The van der Waals surface area contributed by atoms with Gasteiger partial charge in [0, 0.05) is 6.54 Å². The maximum atomic E-state index is 5.15. The Kier molecular flexibility index (Phi) is 3.56. The lowest BCUT2D eigenvalue weighted by Gasteiger charge is -2.04. The normalized spacial score (nSPS) is 10.7. The zero-order valence-corrected chi connectivity index (χ0v) is 12.3.